The van der Waals surface area contributed by atoms with E-state index in [0.717, 1.165) is 11.3 Å². The van der Waals surface area contributed by atoms with Gasteiger partial charge in [-0.15, -0.1) is 0 Å². The second kappa shape index (κ2) is 6.18. The van der Waals surface area contributed by atoms with Crippen molar-refractivity contribution in [2.24, 2.45) is 5.92 Å². The number of anilines is 1. The number of benzene rings is 2. The summed E-state index contributed by atoms with van der Waals surface area (Å²) in [5.74, 6) is -1.01. The van der Waals surface area contributed by atoms with Crippen molar-refractivity contribution in [2.75, 3.05) is 12.1 Å². The predicted molar refractivity (Wildman–Crippen MR) is 94.3 cm³/mol. The van der Waals surface area contributed by atoms with Crippen LogP contribution in [0.1, 0.15) is 5.56 Å². The van der Waals surface area contributed by atoms with Crippen molar-refractivity contribution in [3.05, 3.63) is 72.3 Å². The zero-order valence-corrected chi connectivity index (χ0v) is 13.8. The van der Waals surface area contributed by atoms with Crippen molar-refractivity contribution in [1.82, 2.24) is 4.90 Å². The first-order valence-corrected chi connectivity index (χ1v) is 8.22. The van der Waals surface area contributed by atoms with Gasteiger partial charge in [0.1, 0.15) is 5.92 Å². The van der Waals surface area contributed by atoms with Gasteiger partial charge < -0.3 is 0 Å². The third kappa shape index (κ3) is 2.62. The number of rotatable bonds is 3. The van der Waals surface area contributed by atoms with Crippen LogP contribution in [0.2, 0.25) is 0 Å². The molecule has 4 rings (SSSR count). The first-order chi connectivity index (χ1) is 12.2. The van der Waals surface area contributed by atoms with Crippen molar-refractivity contribution in [2.45, 2.75) is 12.1 Å². The van der Waals surface area contributed by atoms with Gasteiger partial charge in [-0.25, -0.2) is 5.06 Å². The minimum Gasteiger partial charge on any atom is -0.283 e. The normalized spacial score (nSPS) is 25.9. The Kier molecular flexibility index (Phi) is 3.86. The van der Waals surface area contributed by atoms with Crippen LogP contribution in [-0.4, -0.2) is 35.9 Å². The van der Waals surface area contributed by atoms with Gasteiger partial charge in [0.05, 0.1) is 11.7 Å². The molecular formula is C20H18N2O3. The maximum absolute atomic E-state index is 12.6. The van der Waals surface area contributed by atoms with Crippen LogP contribution in [-0.2, 0) is 14.4 Å². The van der Waals surface area contributed by atoms with Crippen LogP contribution in [0, 0.1) is 5.92 Å². The third-order valence-corrected chi connectivity index (χ3v) is 4.68. The van der Waals surface area contributed by atoms with Crippen LogP contribution in [0.3, 0.4) is 0 Å². The molecule has 0 unspecified atom stereocenters. The van der Waals surface area contributed by atoms with Crippen molar-refractivity contribution < 1.29 is 14.4 Å². The molecule has 2 aromatic rings. The van der Waals surface area contributed by atoms with E-state index in [2.05, 4.69) is 0 Å². The second-order valence-electron chi connectivity index (χ2n) is 6.21. The first kappa shape index (κ1) is 15.6. The van der Waals surface area contributed by atoms with E-state index in [1.54, 1.807) is 5.06 Å². The highest BCUT2D eigenvalue weighted by Crippen LogP contribution is 2.38. The lowest BCUT2D eigenvalue weighted by Gasteiger charge is -2.25. The summed E-state index contributed by atoms with van der Waals surface area (Å²) in [6.45, 7) is 0. The number of fused-ring (bicyclic) bond motifs is 1. The fourth-order valence-electron chi connectivity index (χ4n) is 3.36. The van der Waals surface area contributed by atoms with E-state index in [1.807, 2.05) is 72.8 Å². The number of hydroxylamine groups is 1. The van der Waals surface area contributed by atoms with Gasteiger partial charge in [0.2, 0.25) is 5.91 Å². The maximum Gasteiger partial charge on any atom is 0.261 e. The Balaban J connectivity index is 1.71. The lowest BCUT2D eigenvalue weighted by molar-refractivity contribution is -0.141. The van der Waals surface area contributed by atoms with Crippen LogP contribution in [0.25, 0.3) is 6.08 Å². The summed E-state index contributed by atoms with van der Waals surface area (Å²) in [7, 11) is 1.51. The average molecular weight is 334 g/mol. The second-order valence-corrected chi connectivity index (χ2v) is 6.21. The van der Waals surface area contributed by atoms with E-state index in [4.69, 9.17) is 4.84 Å². The molecule has 0 saturated carbocycles. The van der Waals surface area contributed by atoms with Crippen molar-refractivity contribution in [3.63, 3.8) is 0 Å². The smallest absolute Gasteiger partial charge is 0.261 e. The van der Waals surface area contributed by atoms with E-state index in [9.17, 15) is 9.59 Å². The molecule has 2 amide bonds. The Morgan fingerprint density at radius 1 is 0.920 bits per heavy atom. The van der Waals surface area contributed by atoms with Crippen LogP contribution >= 0.6 is 0 Å². The van der Waals surface area contributed by atoms with Gasteiger partial charge in [0.15, 0.2) is 6.10 Å². The van der Waals surface area contributed by atoms with Crippen molar-refractivity contribution in [3.8, 4) is 0 Å². The topological polar surface area (TPSA) is 49.9 Å². The number of imide groups is 1. The molecular weight excluding hydrogens is 316 g/mol. The highest BCUT2D eigenvalue weighted by molar-refractivity contribution is 6.07. The molecule has 0 aromatic heterocycles. The Morgan fingerprint density at radius 2 is 1.56 bits per heavy atom. The van der Waals surface area contributed by atoms with Gasteiger partial charge in [-0.2, -0.15) is 0 Å². The molecule has 2 aromatic carbocycles. The van der Waals surface area contributed by atoms with Gasteiger partial charge in [0.25, 0.3) is 5.91 Å². The number of amides is 2. The number of likely N-dealkylation sites (tertiary alicyclic amines) is 1. The summed E-state index contributed by atoms with van der Waals surface area (Å²) in [6.07, 6.45) is 3.14. The Hall–Kier alpha value is -2.92. The lowest BCUT2D eigenvalue weighted by atomic mass is 9.95. The molecule has 2 aliphatic heterocycles. The first-order valence-electron chi connectivity index (χ1n) is 8.22. The van der Waals surface area contributed by atoms with Gasteiger partial charge in [-0.3, -0.25) is 19.3 Å². The van der Waals surface area contributed by atoms with E-state index >= 15 is 0 Å². The monoisotopic (exact) mass is 334 g/mol. The molecule has 0 N–H and O–H groups in total. The summed E-state index contributed by atoms with van der Waals surface area (Å²) in [5.41, 5.74) is 1.85. The number of carbonyl (C=O) groups excluding carboxylic acids is 2. The molecule has 0 radical (unpaired) electrons. The predicted octanol–water partition coefficient (Wildman–Crippen LogP) is 2.50. The molecule has 25 heavy (non-hydrogen) atoms. The molecule has 5 nitrogen and oxygen atoms in total. The maximum atomic E-state index is 12.6. The molecule has 2 heterocycles. The molecule has 126 valence electrons. The molecule has 5 heteroatoms. The summed E-state index contributed by atoms with van der Waals surface area (Å²) in [5, 5.41) is 1.68. The zero-order chi connectivity index (χ0) is 17.4. The van der Waals surface area contributed by atoms with Gasteiger partial charge in [-0.1, -0.05) is 60.7 Å². The Bertz CT molecular complexity index is 819. The fourth-order valence-corrected chi connectivity index (χ4v) is 3.36. The highest BCUT2D eigenvalue weighted by Gasteiger charge is 2.57. The minimum absolute atomic E-state index is 0.198. The van der Waals surface area contributed by atoms with Gasteiger partial charge in [0, 0.05) is 7.05 Å². The Labute approximate surface area is 146 Å². The lowest BCUT2D eigenvalue weighted by Crippen LogP contribution is -2.37. The van der Waals surface area contributed by atoms with Crippen LogP contribution < -0.4 is 5.06 Å². The molecule has 2 aliphatic rings. The van der Waals surface area contributed by atoms with Crippen molar-refractivity contribution in [1.29, 1.82) is 0 Å². The number of hydrogen-bond donors (Lipinski definition) is 0. The molecule has 0 bridgehead atoms. The standard InChI is InChI=1S/C20H18N2O3/c1-21-19(23)17-16(13-12-14-8-4-2-5-9-14)22(25-18(17)20(21)24)15-10-6-3-7-11-15/h2-13,16-18H,1H3/b13-12+/t16-,17-,18+/m1/s1. The van der Waals surface area contributed by atoms with Crippen LogP contribution in [0.15, 0.2) is 66.7 Å². The number of para-hydroxylation sites is 1. The number of hydrogen-bond acceptors (Lipinski definition) is 4. The van der Waals surface area contributed by atoms with E-state index in [-0.39, 0.29) is 17.9 Å². The quantitative estimate of drug-likeness (QED) is 0.809. The zero-order valence-electron chi connectivity index (χ0n) is 13.8. The molecule has 2 fully saturated rings. The number of likely N-dealkylation sites (N-methyl/N-ethyl adjacent to an activating group) is 1. The molecule has 0 aliphatic carbocycles. The summed E-state index contributed by atoms with van der Waals surface area (Å²) < 4.78 is 0. The molecule has 3 atom stereocenters. The van der Waals surface area contributed by atoms with E-state index in [1.165, 1.54) is 11.9 Å². The summed E-state index contributed by atoms with van der Waals surface area (Å²) in [4.78, 5) is 31.9. The van der Waals surface area contributed by atoms with Crippen molar-refractivity contribution >= 4 is 23.6 Å². The van der Waals surface area contributed by atoms with Crippen LogP contribution in [0.5, 0.6) is 0 Å². The molecule has 0 spiro atoms. The van der Waals surface area contributed by atoms with Gasteiger partial charge >= 0.3 is 0 Å². The SMILES string of the molecule is CN1C(=O)[C@H]2[C@H](ON(c3ccccc3)[C@@H]2/C=C/c2ccccc2)C1=O. The van der Waals surface area contributed by atoms with Crippen LogP contribution in [0.4, 0.5) is 5.69 Å². The fraction of sp³-hybridized carbons (Fsp3) is 0.200. The van der Waals surface area contributed by atoms with Gasteiger partial charge in [-0.05, 0) is 17.7 Å². The largest absolute Gasteiger partial charge is 0.283 e. The molecule has 2 saturated heterocycles. The van der Waals surface area contributed by atoms with E-state index in [0.29, 0.717) is 0 Å². The highest BCUT2D eigenvalue weighted by atomic mass is 16.7. The third-order valence-electron chi connectivity index (χ3n) is 4.68. The summed E-state index contributed by atoms with van der Waals surface area (Å²) >= 11 is 0. The summed E-state index contributed by atoms with van der Waals surface area (Å²) in [6, 6.07) is 19.0. The Morgan fingerprint density at radius 3 is 2.24 bits per heavy atom. The van der Waals surface area contributed by atoms with E-state index < -0.39 is 12.0 Å². The number of nitrogens with zero attached hydrogens (tertiary/aromatic N) is 2. The number of carbonyl (C=O) groups is 2. The average Bonchev–Trinajstić information content (AvgIpc) is 3.14. The minimum atomic E-state index is -0.761.